The molecule has 0 heterocycles. The predicted molar refractivity (Wildman–Crippen MR) is 60.8 cm³/mol. The third-order valence-electron chi connectivity index (χ3n) is 2.45. The van der Waals surface area contributed by atoms with E-state index in [1.165, 1.54) is 0 Å². The third-order valence-corrected chi connectivity index (χ3v) is 2.45. The van der Waals surface area contributed by atoms with Crippen LogP contribution in [0.4, 0.5) is 0 Å². The van der Waals surface area contributed by atoms with Crippen molar-refractivity contribution in [2.75, 3.05) is 0 Å². The van der Waals surface area contributed by atoms with E-state index >= 15 is 0 Å². The highest BCUT2D eigenvalue weighted by molar-refractivity contribution is 5.76. The Morgan fingerprint density at radius 2 is 1.93 bits per heavy atom. The van der Waals surface area contributed by atoms with E-state index in [-0.39, 0.29) is 5.92 Å². The van der Waals surface area contributed by atoms with Crippen LogP contribution in [-0.2, 0) is 4.79 Å². The standard InChI is InChI=1S/C13H16O2/c1-3-7-10(2)12(13(14)15)11-8-5-4-6-9-11/h3-10,12H,1-2H3,(H,14,15)/b7-3+/t10-,12+/m1/s1. The van der Waals surface area contributed by atoms with Gasteiger partial charge in [0, 0.05) is 0 Å². The van der Waals surface area contributed by atoms with Crippen LogP contribution in [-0.4, -0.2) is 11.1 Å². The molecule has 0 unspecified atom stereocenters. The molecule has 1 N–H and O–H groups in total. The summed E-state index contributed by atoms with van der Waals surface area (Å²) in [7, 11) is 0. The molecule has 1 rings (SSSR count). The van der Waals surface area contributed by atoms with Crippen LogP contribution >= 0.6 is 0 Å². The molecule has 80 valence electrons. The summed E-state index contributed by atoms with van der Waals surface area (Å²) in [5.41, 5.74) is 0.857. The van der Waals surface area contributed by atoms with Crippen molar-refractivity contribution >= 4 is 5.97 Å². The van der Waals surface area contributed by atoms with E-state index in [0.717, 1.165) is 5.56 Å². The van der Waals surface area contributed by atoms with Crippen molar-refractivity contribution in [3.05, 3.63) is 48.0 Å². The van der Waals surface area contributed by atoms with E-state index < -0.39 is 11.9 Å². The summed E-state index contributed by atoms with van der Waals surface area (Å²) in [6, 6.07) is 9.35. The van der Waals surface area contributed by atoms with E-state index in [4.69, 9.17) is 0 Å². The Labute approximate surface area is 90.3 Å². The Kier molecular flexibility index (Phi) is 4.10. The van der Waals surface area contributed by atoms with Crippen molar-refractivity contribution in [1.82, 2.24) is 0 Å². The molecule has 0 radical (unpaired) electrons. The third kappa shape index (κ3) is 2.94. The average Bonchev–Trinajstić information content (AvgIpc) is 2.19. The number of hydrogen-bond acceptors (Lipinski definition) is 1. The summed E-state index contributed by atoms with van der Waals surface area (Å²) in [4.78, 5) is 11.2. The minimum Gasteiger partial charge on any atom is -0.481 e. The van der Waals surface area contributed by atoms with Gasteiger partial charge in [0.2, 0.25) is 0 Å². The lowest BCUT2D eigenvalue weighted by Crippen LogP contribution is -2.18. The molecule has 0 saturated carbocycles. The van der Waals surface area contributed by atoms with Crippen molar-refractivity contribution < 1.29 is 9.90 Å². The van der Waals surface area contributed by atoms with Gasteiger partial charge in [-0.2, -0.15) is 0 Å². The second-order valence-corrected chi connectivity index (χ2v) is 3.61. The number of carboxylic acid groups (broad SMARTS) is 1. The lowest BCUT2D eigenvalue weighted by Gasteiger charge is -2.17. The molecule has 0 aliphatic rings. The first-order valence-electron chi connectivity index (χ1n) is 5.07. The highest BCUT2D eigenvalue weighted by Crippen LogP contribution is 2.25. The lowest BCUT2D eigenvalue weighted by molar-refractivity contribution is -0.139. The van der Waals surface area contributed by atoms with Crippen LogP contribution in [0.25, 0.3) is 0 Å². The number of aliphatic carboxylic acids is 1. The van der Waals surface area contributed by atoms with Gasteiger partial charge >= 0.3 is 5.97 Å². The summed E-state index contributed by atoms with van der Waals surface area (Å²) in [6.45, 7) is 3.83. The van der Waals surface area contributed by atoms with Gasteiger partial charge in [-0.1, -0.05) is 49.4 Å². The van der Waals surface area contributed by atoms with Gasteiger partial charge in [0.15, 0.2) is 0 Å². The van der Waals surface area contributed by atoms with Gasteiger partial charge in [0.1, 0.15) is 0 Å². The number of benzene rings is 1. The fourth-order valence-corrected chi connectivity index (χ4v) is 1.75. The average molecular weight is 204 g/mol. The second kappa shape index (κ2) is 5.35. The van der Waals surface area contributed by atoms with Crippen LogP contribution in [0.5, 0.6) is 0 Å². The first kappa shape index (κ1) is 11.5. The molecule has 15 heavy (non-hydrogen) atoms. The molecule has 0 amide bonds. The van der Waals surface area contributed by atoms with Gasteiger partial charge in [0.25, 0.3) is 0 Å². The van der Waals surface area contributed by atoms with Crippen LogP contribution in [0.1, 0.15) is 25.3 Å². The highest BCUT2D eigenvalue weighted by atomic mass is 16.4. The van der Waals surface area contributed by atoms with Crippen molar-refractivity contribution in [2.24, 2.45) is 5.92 Å². The molecular weight excluding hydrogens is 188 g/mol. The predicted octanol–water partition coefficient (Wildman–Crippen LogP) is 3.07. The Hall–Kier alpha value is -1.57. The Bertz CT molecular complexity index is 341. The molecule has 0 aromatic heterocycles. The molecule has 2 nitrogen and oxygen atoms in total. The van der Waals surface area contributed by atoms with Gasteiger partial charge in [-0.3, -0.25) is 4.79 Å². The molecule has 0 spiro atoms. The summed E-state index contributed by atoms with van der Waals surface area (Å²) >= 11 is 0. The van der Waals surface area contributed by atoms with Crippen LogP contribution in [0.3, 0.4) is 0 Å². The molecule has 0 aliphatic heterocycles. The van der Waals surface area contributed by atoms with E-state index in [1.54, 1.807) is 0 Å². The lowest BCUT2D eigenvalue weighted by atomic mass is 9.87. The van der Waals surface area contributed by atoms with E-state index in [1.807, 2.05) is 56.3 Å². The van der Waals surface area contributed by atoms with Gasteiger partial charge in [-0.05, 0) is 18.4 Å². The molecule has 2 atom stereocenters. The van der Waals surface area contributed by atoms with Crippen molar-refractivity contribution in [1.29, 1.82) is 0 Å². The molecule has 1 aromatic carbocycles. The van der Waals surface area contributed by atoms with Gasteiger partial charge in [0.05, 0.1) is 5.92 Å². The van der Waals surface area contributed by atoms with Crippen LogP contribution < -0.4 is 0 Å². The first-order chi connectivity index (χ1) is 7.16. The number of hydrogen-bond donors (Lipinski definition) is 1. The fourth-order valence-electron chi connectivity index (χ4n) is 1.75. The van der Waals surface area contributed by atoms with Crippen LogP contribution in [0.15, 0.2) is 42.5 Å². The van der Waals surface area contributed by atoms with E-state index in [0.29, 0.717) is 0 Å². The summed E-state index contributed by atoms with van der Waals surface area (Å²) in [6.07, 6.45) is 3.81. The zero-order valence-corrected chi connectivity index (χ0v) is 9.05. The first-order valence-corrected chi connectivity index (χ1v) is 5.07. The molecule has 0 bridgehead atoms. The molecule has 0 saturated heterocycles. The smallest absolute Gasteiger partial charge is 0.311 e. The molecule has 2 heteroatoms. The summed E-state index contributed by atoms with van der Waals surface area (Å²) in [5.74, 6) is -1.22. The number of allylic oxidation sites excluding steroid dienone is 2. The highest BCUT2D eigenvalue weighted by Gasteiger charge is 2.24. The second-order valence-electron chi connectivity index (χ2n) is 3.61. The Morgan fingerprint density at radius 1 is 1.33 bits per heavy atom. The maximum Gasteiger partial charge on any atom is 0.311 e. The van der Waals surface area contributed by atoms with Gasteiger partial charge in [-0.15, -0.1) is 0 Å². The number of rotatable bonds is 4. The van der Waals surface area contributed by atoms with Crippen molar-refractivity contribution in [2.45, 2.75) is 19.8 Å². The summed E-state index contributed by atoms with van der Waals surface area (Å²) in [5, 5.41) is 9.19. The number of carbonyl (C=O) groups is 1. The topological polar surface area (TPSA) is 37.3 Å². The molecule has 0 aliphatic carbocycles. The molecule has 1 aromatic rings. The van der Waals surface area contributed by atoms with Gasteiger partial charge in [-0.25, -0.2) is 0 Å². The van der Waals surface area contributed by atoms with Gasteiger partial charge < -0.3 is 5.11 Å². The zero-order chi connectivity index (χ0) is 11.3. The maximum atomic E-state index is 11.2. The molecular formula is C13H16O2. The van der Waals surface area contributed by atoms with Crippen LogP contribution in [0.2, 0.25) is 0 Å². The Balaban J connectivity index is 2.98. The van der Waals surface area contributed by atoms with Crippen molar-refractivity contribution in [3.63, 3.8) is 0 Å². The fraction of sp³-hybridized carbons (Fsp3) is 0.308. The minimum atomic E-state index is -0.771. The molecule has 0 fully saturated rings. The maximum absolute atomic E-state index is 11.2. The zero-order valence-electron chi connectivity index (χ0n) is 9.05. The quantitative estimate of drug-likeness (QED) is 0.765. The SMILES string of the molecule is C/C=C/[C@@H](C)[C@H](C(=O)O)c1ccccc1. The van der Waals surface area contributed by atoms with Crippen molar-refractivity contribution in [3.8, 4) is 0 Å². The van der Waals surface area contributed by atoms with E-state index in [9.17, 15) is 9.90 Å². The normalized spacial score (nSPS) is 15.1. The largest absolute Gasteiger partial charge is 0.481 e. The minimum absolute atomic E-state index is 0.00917. The number of carboxylic acids is 1. The monoisotopic (exact) mass is 204 g/mol. The van der Waals surface area contributed by atoms with E-state index in [2.05, 4.69) is 0 Å². The summed E-state index contributed by atoms with van der Waals surface area (Å²) < 4.78 is 0. The van der Waals surface area contributed by atoms with Crippen LogP contribution in [0, 0.1) is 5.92 Å². The Morgan fingerprint density at radius 3 is 2.40 bits per heavy atom.